The molecule has 0 fully saturated rings. The van der Waals surface area contributed by atoms with E-state index in [1.54, 1.807) is 18.4 Å². The quantitative estimate of drug-likeness (QED) is 0.293. The van der Waals surface area contributed by atoms with Crippen LogP contribution < -0.4 is 10.7 Å². The minimum absolute atomic E-state index is 0.150. The fourth-order valence-corrected chi connectivity index (χ4v) is 5.13. The molecule has 2 heterocycles. The SMILES string of the molecule is Cc1cc(C)c2c(CC(=O)N/N=C3\CCCc4oc(C(=O)Nc5ccc(C)c(Cl)c5)c(C)c43)coc2c1. The van der Waals surface area contributed by atoms with E-state index in [0.29, 0.717) is 40.6 Å². The largest absolute Gasteiger partial charge is 0.464 e. The molecule has 190 valence electrons. The van der Waals surface area contributed by atoms with Gasteiger partial charge in [-0.1, -0.05) is 23.7 Å². The molecule has 2 aromatic carbocycles. The Morgan fingerprint density at radius 1 is 1.05 bits per heavy atom. The number of furan rings is 2. The maximum absolute atomic E-state index is 13.0. The van der Waals surface area contributed by atoms with E-state index in [4.69, 9.17) is 20.4 Å². The number of nitrogens with one attached hydrogen (secondary N) is 2. The highest BCUT2D eigenvalue weighted by molar-refractivity contribution is 6.31. The van der Waals surface area contributed by atoms with Crippen LogP contribution in [0.15, 0.2) is 50.5 Å². The monoisotopic (exact) mass is 517 g/mol. The summed E-state index contributed by atoms with van der Waals surface area (Å²) in [5, 5.41) is 8.83. The minimum Gasteiger partial charge on any atom is -0.464 e. The van der Waals surface area contributed by atoms with Gasteiger partial charge in [0.25, 0.3) is 5.91 Å². The second-order valence-electron chi connectivity index (χ2n) is 9.61. The molecule has 8 heteroatoms. The number of anilines is 1. The zero-order chi connectivity index (χ0) is 26.3. The smallest absolute Gasteiger partial charge is 0.291 e. The van der Waals surface area contributed by atoms with Gasteiger partial charge in [-0.15, -0.1) is 0 Å². The van der Waals surface area contributed by atoms with Crippen molar-refractivity contribution in [2.24, 2.45) is 5.10 Å². The number of hydrogen-bond donors (Lipinski definition) is 2. The fourth-order valence-electron chi connectivity index (χ4n) is 4.95. The molecule has 37 heavy (non-hydrogen) atoms. The summed E-state index contributed by atoms with van der Waals surface area (Å²) in [5.41, 5.74) is 10.2. The highest BCUT2D eigenvalue weighted by atomic mass is 35.5. The molecule has 2 N–H and O–H groups in total. The molecule has 1 aliphatic rings. The van der Waals surface area contributed by atoms with Crippen LogP contribution in [0, 0.1) is 27.7 Å². The number of hydrazone groups is 1. The average Bonchev–Trinajstić information content (AvgIpc) is 3.41. The summed E-state index contributed by atoms with van der Waals surface area (Å²) in [6.45, 7) is 7.77. The molecule has 0 saturated carbocycles. The Bertz CT molecular complexity index is 1580. The topological polar surface area (TPSA) is 96.8 Å². The van der Waals surface area contributed by atoms with E-state index in [9.17, 15) is 9.59 Å². The van der Waals surface area contributed by atoms with Gasteiger partial charge in [0.1, 0.15) is 11.3 Å². The van der Waals surface area contributed by atoms with Crippen LogP contribution in [0.4, 0.5) is 5.69 Å². The number of hydrogen-bond acceptors (Lipinski definition) is 5. The molecule has 0 bridgehead atoms. The molecule has 0 atom stereocenters. The standard InChI is InChI=1S/C29H28ClN3O4/c1-15-10-17(3)26-19(14-36-24(26)11-15)12-25(34)33-32-22-6-5-7-23-27(22)18(4)28(37-23)29(35)31-20-9-8-16(2)21(30)13-20/h8-11,13-14H,5-7,12H2,1-4H3,(H,31,35)(H,33,34)/b32-22+. The van der Waals surface area contributed by atoms with Crippen molar-refractivity contribution in [1.82, 2.24) is 5.43 Å². The second-order valence-corrected chi connectivity index (χ2v) is 10.0. The molecule has 0 spiro atoms. The molecule has 5 rings (SSSR count). The molecule has 7 nitrogen and oxygen atoms in total. The fraction of sp³-hybridized carbons (Fsp3) is 0.276. The molecule has 4 aromatic rings. The van der Waals surface area contributed by atoms with Crippen LogP contribution in [-0.2, 0) is 17.6 Å². The number of benzene rings is 2. The van der Waals surface area contributed by atoms with Gasteiger partial charge < -0.3 is 14.2 Å². The third kappa shape index (κ3) is 4.91. The summed E-state index contributed by atoms with van der Waals surface area (Å²) in [6, 6.07) is 9.40. The predicted octanol–water partition coefficient (Wildman–Crippen LogP) is 6.56. The number of halogens is 1. The zero-order valence-corrected chi connectivity index (χ0v) is 22.0. The number of carbonyl (C=O) groups excluding carboxylic acids is 2. The van der Waals surface area contributed by atoms with E-state index < -0.39 is 0 Å². The third-order valence-corrected chi connectivity index (χ3v) is 7.13. The first-order valence-corrected chi connectivity index (χ1v) is 12.6. The first-order valence-electron chi connectivity index (χ1n) is 12.2. The maximum atomic E-state index is 13.0. The van der Waals surface area contributed by atoms with Crippen molar-refractivity contribution in [3.8, 4) is 0 Å². The summed E-state index contributed by atoms with van der Waals surface area (Å²) in [6.07, 6.45) is 3.97. The first-order chi connectivity index (χ1) is 17.7. The van der Waals surface area contributed by atoms with Crippen molar-refractivity contribution in [3.63, 3.8) is 0 Å². The molecule has 0 radical (unpaired) electrons. The summed E-state index contributed by atoms with van der Waals surface area (Å²) in [7, 11) is 0. The Hall–Kier alpha value is -3.84. The molecule has 0 unspecified atom stereocenters. The van der Waals surface area contributed by atoms with Crippen LogP contribution in [0.2, 0.25) is 5.02 Å². The lowest BCUT2D eigenvalue weighted by Crippen LogP contribution is -2.23. The van der Waals surface area contributed by atoms with Gasteiger partial charge in [0.2, 0.25) is 5.91 Å². The number of carbonyl (C=O) groups is 2. The van der Waals surface area contributed by atoms with E-state index >= 15 is 0 Å². The van der Waals surface area contributed by atoms with Crippen LogP contribution in [0.5, 0.6) is 0 Å². The van der Waals surface area contributed by atoms with E-state index in [2.05, 4.69) is 21.9 Å². The predicted molar refractivity (Wildman–Crippen MR) is 145 cm³/mol. The number of aryl methyl sites for hydroxylation is 4. The molecule has 2 amide bonds. The lowest BCUT2D eigenvalue weighted by molar-refractivity contribution is -0.120. The van der Waals surface area contributed by atoms with Gasteiger partial charge in [0.15, 0.2) is 5.76 Å². The van der Waals surface area contributed by atoms with Crippen molar-refractivity contribution in [2.75, 3.05) is 5.32 Å². The number of fused-ring (bicyclic) bond motifs is 2. The van der Waals surface area contributed by atoms with Gasteiger partial charge in [-0.05, 0) is 75.4 Å². The van der Waals surface area contributed by atoms with Crippen LogP contribution in [0.1, 0.15) is 62.5 Å². The summed E-state index contributed by atoms with van der Waals surface area (Å²) < 4.78 is 11.6. The lowest BCUT2D eigenvalue weighted by atomic mass is 9.93. The Morgan fingerprint density at radius 2 is 1.86 bits per heavy atom. The Morgan fingerprint density at radius 3 is 2.65 bits per heavy atom. The molecular formula is C29H28ClN3O4. The van der Waals surface area contributed by atoms with Gasteiger partial charge in [-0.3, -0.25) is 9.59 Å². The van der Waals surface area contributed by atoms with Gasteiger partial charge in [0.05, 0.1) is 18.4 Å². The number of nitrogens with zero attached hydrogens (tertiary/aromatic N) is 1. The zero-order valence-electron chi connectivity index (χ0n) is 21.3. The summed E-state index contributed by atoms with van der Waals surface area (Å²) in [5.74, 6) is 0.347. The molecule has 1 aliphatic carbocycles. The van der Waals surface area contributed by atoms with Gasteiger partial charge in [-0.2, -0.15) is 5.10 Å². The summed E-state index contributed by atoms with van der Waals surface area (Å²) in [4.78, 5) is 25.8. The van der Waals surface area contributed by atoms with Crippen molar-refractivity contribution < 1.29 is 18.4 Å². The number of amides is 2. The van der Waals surface area contributed by atoms with Crippen molar-refractivity contribution in [3.05, 3.63) is 86.5 Å². The first kappa shape index (κ1) is 24.8. The number of rotatable bonds is 5. The lowest BCUT2D eigenvalue weighted by Gasteiger charge is -2.13. The Kier molecular flexibility index (Phi) is 6.65. The Balaban J connectivity index is 1.33. The van der Waals surface area contributed by atoms with Gasteiger partial charge in [0, 0.05) is 39.2 Å². The second kappa shape index (κ2) is 9.90. The van der Waals surface area contributed by atoms with E-state index in [0.717, 1.165) is 45.2 Å². The van der Waals surface area contributed by atoms with Gasteiger partial charge in [-0.25, -0.2) is 5.43 Å². The van der Waals surface area contributed by atoms with Crippen LogP contribution in [0.3, 0.4) is 0 Å². The Labute approximate surface area is 219 Å². The maximum Gasteiger partial charge on any atom is 0.291 e. The average molecular weight is 518 g/mol. The van der Waals surface area contributed by atoms with E-state index in [1.807, 2.05) is 39.8 Å². The molecule has 2 aromatic heterocycles. The highest BCUT2D eigenvalue weighted by Gasteiger charge is 2.28. The van der Waals surface area contributed by atoms with Gasteiger partial charge >= 0.3 is 0 Å². The summed E-state index contributed by atoms with van der Waals surface area (Å²) >= 11 is 6.19. The minimum atomic E-state index is -0.354. The molecule has 0 aliphatic heterocycles. The molecule has 0 saturated heterocycles. The van der Waals surface area contributed by atoms with E-state index in [-0.39, 0.29) is 24.0 Å². The van der Waals surface area contributed by atoms with Crippen LogP contribution in [-0.4, -0.2) is 17.5 Å². The highest BCUT2D eigenvalue weighted by Crippen LogP contribution is 2.31. The van der Waals surface area contributed by atoms with Crippen LogP contribution >= 0.6 is 11.6 Å². The normalized spacial score (nSPS) is 14.1. The van der Waals surface area contributed by atoms with Crippen molar-refractivity contribution >= 4 is 45.8 Å². The third-order valence-electron chi connectivity index (χ3n) is 6.72. The van der Waals surface area contributed by atoms with Crippen molar-refractivity contribution in [1.29, 1.82) is 0 Å². The van der Waals surface area contributed by atoms with Crippen molar-refractivity contribution in [2.45, 2.75) is 53.4 Å². The van der Waals surface area contributed by atoms with E-state index in [1.165, 1.54) is 0 Å². The van der Waals surface area contributed by atoms with Crippen LogP contribution in [0.25, 0.3) is 11.0 Å². The molecular weight excluding hydrogens is 490 g/mol.